The summed E-state index contributed by atoms with van der Waals surface area (Å²) in [7, 11) is 0. The summed E-state index contributed by atoms with van der Waals surface area (Å²) in [6.45, 7) is 2.67. The highest BCUT2D eigenvalue weighted by atomic mass is 35.5. The third-order valence-electron chi connectivity index (χ3n) is 4.75. The van der Waals surface area contributed by atoms with Gasteiger partial charge in [0.25, 0.3) is 0 Å². The first-order valence-electron chi connectivity index (χ1n) is 9.17. The van der Waals surface area contributed by atoms with Gasteiger partial charge in [-0.3, -0.25) is 9.80 Å². The van der Waals surface area contributed by atoms with Crippen LogP contribution >= 0.6 is 23.4 Å². The van der Waals surface area contributed by atoms with E-state index in [0.29, 0.717) is 17.3 Å². The number of carbonyl (C=O) groups excluding carboxylic acids is 1. The first kappa shape index (κ1) is 22.5. The lowest BCUT2D eigenvalue weighted by Crippen LogP contribution is -2.36. The number of carbonyl (C=O) groups is 1. The van der Waals surface area contributed by atoms with Crippen molar-refractivity contribution in [1.29, 1.82) is 0 Å². The number of hydrogen-bond acceptors (Lipinski definition) is 4. The number of hydrogen-bond donors (Lipinski definition) is 1. The second kappa shape index (κ2) is 8.89. The number of benzene rings is 2. The van der Waals surface area contributed by atoms with Gasteiger partial charge in [0, 0.05) is 28.4 Å². The molecule has 1 amide bonds. The standard InChI is InChI=1S/C21H21ClF3N3OS/c1-20(13-30-2)12-28(27-19(20)14-3-7-16(22)8-4-14)11-18(29)26-17-9-5-15(6-10-17)21(23,24)25/h3-10H,11-13H2,1-2H3,(H,26,29). The molecule has 1 unspecified atom stereocenters. The minimum atomic E-state index is -4.41. The van der Waals surface area contributed by atoms with E-state index in [9.17, 15) is 18.0 Å². The molecule has 0 bridgehead atoms. The number of amides is 1. The molecule has 0 aliphatic carbocycles. The Balaban J connectivity index is 1.71. The van der Waals surface area contributed by atoms with E-state index in [1.165, 1.54) is 12.1 Å². The van der Waals surface area contributed by atoms with Gasteiger partial charge in [0.05, 0.1) is 11.3 Å². The fourth-order valence-corrected chi connectivity index (χ4v) is 4.41. The summed E-state index contributed by atoms with van der Waals surface area (Å²) in [5.41, 5.74) is 1.13. The molecule has 1 N–H and O–H groups in total. The van der Waals surface area contributed by atoms with Gasteiger partial charge in [0.1, 0.15) is 6.54 Å². The number of nitrogens with zero attached hydrogens (tertiary/aromatic N) is 2. The molecule has 0 spiro atoms. The van der Waals surface area contributed by atoms with Crippen LogP contribution in [0.1, 0.15) is 18.1 Å². The van der Waals surface area contributed by atoms with Crippen molar-refractivity contribution in [3.8, 4) is 0 Å². The van der Waals surface area contributed by atoms with Crippen molar-refractivity contribution in [3.05, 3.63) is 64.7 Å². The molecule has 2 aromatic carbocycles. The smallest absolute Gasteiger partial charge is 0.324 e. The lowest BCUT2D eigenvalue weighted by atomic mass is 9.84. The van der Waals surface area contributed by atoms with Gasteiger partial charge in [0.15, 0.2) is 0 Å². The molecule has 0 saturated carbocycles. The quantitative estimate of drug-likeness (QED) is 0.635. The van der Waals surface area contributed by atoms with Crippen molar-refractivity contribution in [2.75, 3.05) is 30.4 Å². The van der Waals surface area contributed by atoms with Crippen molar-refractivity contribution >= 4 is 40.7 Å². The molecule has 0 saturated heterocycles. The largest absolute Gasteiger partial charge is 0.416 e. The zero-order valence-corrected chi connectivity index (χ0v) is 18.0. The zero-order chi connectivity index (χ0) is 21.9. The molecule has 1 atom stereocenters. The molecule has 1 heterocycles. The van der Waals surface area contributed by atoms with Crippen LogP contribution in [-0.4, -0.2) is 41.7 Å². The summed E-state index contributed by atoms with van der Waals surface area (Å²) in [4.78, 5) is 12.4. The minimum Gasteiger partial charge on any atom is -0.324 e. The van der Waals surface area contributed by atoms with Crippen LogP contribution < -0.4 is 5.32 Å². The molecule has 0 radical (unpaired) electrons. The zero-order valence-electron chi connectivity index (χ0n) is 16.5. The van der Waals surface area contributed by atoms with Gasteiger partial charge in [0.2, 0.25) is 5.91 Å². The van der Waals surface area contributed by atoms with E-state index in [-0.39, 0.29) is 17.9 Å². The van der Waals surface area contributed by atoms with E-state index in [1.807, 2.05) is 18.4 Å². The SMILES string of the molecule is CSCC1(C)CN(CC(=O)Nc2ccc(C(F)(F)F)cc2)N=C1c1ccc(Cl)cc1. The molecule has 30 heavy (non-hydrogen) atoms. The average Bonchev–Trinajstić information content (AvgIpc) is 2.98. The third-order valence-corrected chi connectivity index (χ3v) is 5.93. The molecule has 0 fully saturated rings. The van der Waals surface area contributed by atoms with Crippen molar-refractivity contribution in [2.24, 2.45) is 10.5 Å². The van der Waals surface area contributed by atoms with Crippen LogP contribution in [0.3, 0.4) is 0 Å². The fourth-order valence-electron chi connectivity index (χ4n) is 3.42. The Morgan fingerprint density at radius 2 is 1.83 bits per heavy atom. The van der Waals surface area contributed by atoms with Gasteiger partial charge in [-0.15, -0.1) is 0 Å². The number of nitrogens with one attached hydrogen (secondary N) is 1. The predicted molar refractivity (Wildman–Crippen MR) is 116 cm³/mol. The number of thioether (sulfide) groups is 1. The number of halogens is 4. The molecule has 1 aliphatic heterocycles. The van der Waals surface area contributed by atoms with Crippen molar-refractivity contribution in [2.45, 2.75) is 13.1 Å². The topological polar surface area (TPSA) is 44.7 Å². The predicted octanol–water partition coefficient (Wildman–Crippen LogP) is 5.39. The number of rotatable bonds is 6. The first-order chi connectivity index (χ1) is 14.1. The van der Waals surface area contributed by atoms with Gasteiger partial charge < -0.3 is 5.32 Å². The number of hydrazone groups is 1. The maximum atomic E-state index is 12.7. The van der Waals surface area contributed by atoms with Gasteiger partial charge >= 0.3 is 6.18 Å². The molecular weight excluding hydrogens is 435 g/mol. The lowest BCUT2D eigenvalue weighted by Gasteiger charge is -2.25. The van der Waals surface area contributed by atoms with E-state index in [4.69, 9.17) is 11.6 Å². The van der Waals surface area contributed by atoms with Crippen molar-refractivity contribution < 1.29 is 18.0 Å². The second-order valence-electron chi connectivity index (χ2n) is 7.40. The summed E-state index contributed by atoms with van der Waals surface area (Å²) < 4.78 is 38.0. The Bertz CT molecular complexity index is 932. The van der Waals surface area contributed by atoms with E-state index in [2.05, 4.69) is 17.3 Å². The molecular formula is C21H21ClF3N3OS. The fraction of sp³-hybridized carbons (Fsp3) is 0.333. The van der Waals surface area contributed by atoms with E-state index in [1.54, 1.807) is 28.9 Å². The maximum absolute atomic E-state index is 12.7. The van der Waals surface area contributed by atoms with Crippen LogP contribution in [0.5, 0.6) is 0 Å². The number of anilines is 1. The van der Waals surface area contributed by atoms with Crippen LogP contribution in [0.15, 0.2) is 53.6 Å². The summed E-state index contributed by atoms with van der Waals surface area (Å²) in [6, 6.07) is 11.8. The average molecular weight is 456 g/mol. The minimum absolute atomic E-state index is 0.00207. The van der Waals surface area contributed by atoms with E-state index < -0.39 is 11.7 Å². The van der Waals surface area contributed by atoms with Crippen LogP contribution in [0.2, 0.25) is 5.02 Å². The van der Waals surface area contributed by atoms with E-state index >= 15 is 0 Å². The maximum Gasteiger partial charge on any atom is 0.416 e. The summed E-state index contributed by atoms with van der Waals surface area (Å²) in [5, 5.41) is 9.63. The van der Waals surface area contributed by atoms with Crippen molar-refractivity contribution in [1.82, 2.24) is 5.01 Å². The van der Waals surface area contributed by atoms with Gasteiger partial charge in [-0.25, -0.2) is 0 Å². The van der Waals surface area contributed by atoms with Crippen LogP contribution in [0.4, 0.5) is 18.9 Å². The van der Waals surface area contributed by atoms with Gasteiger partial charge in [-0.1, -0.05) is 30.7 Å². The summed E-state index contributed by atoms with van der Waals surface area (Å²) in [6.07, 6.45) is -2.39. The van der Waals surface area contributed by atoms with E-state index in [0.717, 1.165) is 29.2 Å². The molecule has 9 heteroatoms. The van der Waals surface area contributed by atoms with Gasteiger partial charge in [-0.05, 0) is 48.2 Å². The summed E-state index contributed by atoms with van der Waals surface area (Å²) in [5.74, 6) is 0.480. The highest BCUT2D eigenvalue weighted by Gasteiger charge is 2.39. The van der Waals surface area contributed by atoms with Crippen LogP contribution in [0.25, 0.3) is 0 Å². The molecule has 0 aromatic heterocycles. The normalized spacial score (nSPS) is 19.0. The second-order valence-corrected chi connectivity index (χ2v) is 8.70. The summed E-state index contributed by atoms with van der Waals surface area (Å²) >= 11 is 7.69. The molecule has 1 aliphatic rings. The van der Waals surface area contributed by atoms with Crippen molar-refractivity contribution in [3.63, 3.8) is 0 Å². The molecule has 4 nitrogen and oxygen atoms in total. The molecule has 160 valence electrons. The highest BCUT2D eigenvalue weighted by Crippen LogP contribution is 2.34. The molecule has 3 rings (SSSR count). The lowest BCUT2D eigenvalue weighted by molar-refractivity contribution is -0.137. The Labute approximate surface area is 182 Å². The first-order valence-corrected chi connectivity index (χ1v) is 10.9. The highest BCUT2D eigenvalue weighted by molar-refractivity contribution is 7.98. The van der Waals surface area contributed by atoms with Crippen LogP contribution in [0, 0.1) is 5.41 Å². The Morgan fingerprint density at radius 1 is 1.20 bits per heavy atom. The van der Waals surface area contributed by atoms with Gasteiger partial charge in [-0.2, -0.15) is 30.0 Å². The Hall–Kier alpha value is -2.19. The monoisotopic (exact) mass is 455 g/mol. The number of alkyl halides is 3. The third kappa shape index (κ3) is 5.29. The van der Waals surface area contributed by atoms with Crippen LogP contribution in [-0.2, 0) is 11.0 Å². The molecule has 2 aromatic rings. The Kier molecular flexibility index (Phi) is 6.67. The Morgan fingerprint density at radius 3 is 2.40 bits per heavy atom.